The summed E-state index contributed by atoms with van der Waals surface area (Å²) in [6.07, 6.45) is 3.07. The minimum atomic E-state index is 0.0389. The van der Waals surface area contributed by atoms with Gasteiger partial charge in [0, 0.05) is 17.5 Å². The van der Waals surface area contributed by atoms with Crippen molar-refractivity contribution in [2.24, 2.45) is 0 Å². The third-order valence-electron chi connectivity index (χ3n) is 1.84. The molecule has 0 unspecified atom stereocenters. The molecule has 0 amide bonds. The summed E-state index contributed by atoms with van der Waals surface area (Å²) in [5.74, 6) is 0. The van der Waals surface area contributed by atoms with Crippen LogP contribution < -0.4 is 5.73 Å². The number of nitrogens with one attached hydrogen (secondary N) is 1. The van der Waals surface area contributed by atoms with E-state index in [2.05, 4.69) is 0 Å². The van der Waals surface area contributed by atoms with Gasteiger partial charge in [0.15, 0.2) is 6.29 Å². The molecule has 74 valence electrons. The molecule has 0 spiro atoms. The number of benzene rings is 1. The third-order valence-corrected chi connectivity index (χ3v) is 1.84. The molecule has 0 bridgehead atoms. The number of aldehydes is 1. The maximum atomic E-state index is 10.4. The Balaban J connectivity index is 3.14. The summed E-state index contributed by atoms with van der Waals surface area (Å²) in [6.45, 7) is 0. The van der Waals surface area contributed by atoms with Gasteiger partial charge in [-0.25, -0.2) is 0 Å². The number of nitrogens with two attached hydrogens (primary N) is 1. The topological polar surface area (TPSA) is 90.7 Å². The Kier molecular flexibility index (Phi) is 3.36. The molecule has 4 nitrogen and oxygen atoms in total. The zero-order chi connectivity index (χ0) is 11.3. The largest absolute Gasteiger partial charge is 0.398 e. The van der Waals surface area contributed by atoms with Crippen molar-refractivity contribution in [3.05, 3.63) is 34.9 Å². The lowest BCUT2D eigenvalue weighted by Crippen LogP contribution is -1.93. The smallest absolute Gasteiger partial charge is 0.160 e. The van der Waals surface area contributed by atoms with Gasteiger partial charge >= 0.3 is 0 Å². The first kappa shape index (κ1) is 10.7. The molecule has 0 aliphatic carbocycles. The second-order valence-electron chi connectivity index (χ2n) is 2.86. The summed E-state index contributed by atoms with van der Waals surface area (Å²) < 4.78 is 0. The van der Waals surface area contributed by atoms with E-state index in [9.17, 15) is 4.79 Å². The molecule has 4 heteroatoms. The summed E-state index contributed by atoms with van der Waals surface area (Å²) in [7, 11) is 0. The van der Waals surface area contributed by atoms with E-state index in [0.717, 1.165) is 6.21 Å². The molecule has 15 heavy (non-hydrogen) atoms. The van der Waals surface area contributed by atoms with Crippen LogP contribution in [0.3, 0.4) is 0 Å². The molecular weight excluding hydrogens is 190 g/mol. The number of carbonyl (C=O) groups excluding carboxylic acids is 1. The van der Waals surface area contributed by atoms with Crippen LogP contribution in [0.2, 0.25) is 0 Å². The zero-order valence-electron chi connectivity index (χ0n) is 7.90. The lowest BCUT2D eigenvalue weighted by Gasteiger charge is -2.00. The zero-order valence-corrected chi connectivity index (χ0v) is 7.90. The second kappa shape index (κ2) is 4.72. The van der Waals surface area contributed by atoms with Crippen molar-refractivity contribution in [1.82, 2.24) is 0 Å². The van der Waals surface area contributed by atoms with Crippen molar-refractivity contribution in [3.8, 4) is 6.07 Å². The van der Waals surface area contributed by atoms with E-state index in [-0.39, 0.29) is 5.57 Å². The number of nitrogens with zero attached hydrogens (tertiary/aromatic N) is 1. The predicted molar refractivity (Wildman–Crippen MR) is 58.4 cm³/mol. The fraction of sp³-hybridized carbons (Fsp3) is 0. The van der Waals surface area contributed by atoms with E-state index < -0.39 is 0 Å². The van der Waals surface area contributed by atoms with Gasteiger partial charge in [0.25, 0.3) is 0 Å². The Morgan fingerprint density at radius 1 is 1.53 bits per heavy atom. The first-order valence-corrected chi connectivity index (χ1v) is 4.18. The van der Waals surface area contributed by atoms with Crippen LogP contribution in [0.1, 0.15) is 11.1 Å². The highest BCUT2D eigenvalue weighted by molar-refractivity contribution is 5.89. The number of carbonyl (C=O) groups is 1. The van der Waals surface area contributed by atoms with Crippen LogP contribution in [0, 0.1) is 16.7 Å². The standard InChI is InChI=1S/C11H9N3O/c12-5-9(7-15)3-8-1-2-10(6-13)11(14)4-8/h1-4,6-7,13H,14H2/b9-3+,13-6?. The lowest BCUT2D eigenvalue weighted by atomic mass is 10.1. The molecule has 1 aromatic carbocycles. The van der Waals surface area contributed by atoms with Crippen molar-refractivity contribution in [1.29, 1.82) is 10.7 Å². The minimum absolute atomic E-state index is 0.0389. The van der Waals surface area contributed by atoms with Crippen LogP contribution in [-0.4, -0.2) is 12.5 Å². The highest BCUT2D eigenvalue weighted by Gasteiger charge is 1.98. The highest BCUT2D eigenvalue weighted by atomic mass is 16.1. The molecule has 0 aliphatic rings. The quantitative estimate of drug-likeness (QED) is 0.253. The van der Waals surface area contributed by atoms with Gasteiger partial charge in [-0.2, -0.15) is 5.26 Å². The molecular formula is C11H9N3O. The molecule has 0 radical (unpaired) electrons. The fourth-order valence-electron chi connectivity index (χ4n) is 1.09. The first-order chi connectivity index (χ1) is 7.21. The van der Waals surface area contributed by atoms with E-state index in [1.54, 1.807) is 24.3 Å². The molecule has 0 aromatic heterocycles. The van der Waals surface area contributed by atoms with Gasteiger partial charge in [0.05, 0.1) is 5.57 Å². The minimum Gasteiger partial charge on any atom is -0.398 e. The molecule has 1 aromatic rings. The number of nitrogen functional groups attached to an aromatic ring is 1. The van der Waals surface area contributed by atoms with Crippen LogP contribution in [0.4, 0.5) is 5.69 Å². The Bertz CT molecular complexity index is 469. The van der Waals surface area contributed by atoms with E-state index in [1.807, 2.05) is 0 Å². The predicted octanol–water partition coefficient (Wildman–Crippen LogP) is 1.37. The third kappa shape index (κ3) is 2.51. The van der Waals surface area contributed by atoms with E-state index in [0.29, 0.717) is 23.1 Å². The Morgan fingerprint density at radius 3 is 2.73 bits per heavy atom. The second-order valence-corrected chi connectivity index (χ2v) is 2.86. The Hall–Kier alpha value is -2.41. The van der Waals surface area contributed by atoms with Crippen LogP contribution in [0.25, 0.3) is 6.08 Å². The van der Waals surface area contributed by atoms with Crippen LogP contribution in [0.5, 0.6) is 0 Å². The highest BCUT2D eigenvalue weighted by Crippen LogP contribution is 2.14. The van der Waals surface area contributed by atoms with Crippen molar-refractivity contribution in [2.45, 2.75) is 0 Å². The van der Waals surface area contributed by atoms with Gasteiger partial charge in [-0.15, -0.1) is 0 Å². The molecule has 1 rings (SSSR count). The van der Waals surface area contributed by atoms with Crippen molar-refractivity contribution >= 4 is 24.3 Å². The SMILES string of the molecule is N#C/C(C=O)=C\c1ccc(C=N)c(N)c1. The number of hydrogen-bond donors (Lipinski definition) is 2. The molecule has 0 fully saturated rings. The maximum absolute atomic E-state index is 10.4. The molecule has 0 aliphatic heterocycles. The van der Waals surface area contributed by atoms with Gasteiger partial charge in [-0.05, 0) is 17.7 Å². The number of anilines is 1. The molecule has 0 saturated carbocycles. The van der Waals surface area contributed by atoms with Crippen LogP contribution in [0.15, 0.2) is 23.8 Å². The van der Waals surface area contributed by atoms with E-state index >= 15 is 0 Å². The summed E-state index contributed by atoms with van der Waals surface area (Å²) in [5, 5.41) is 15.6. The van der Waals surface area contributed by atoms with Crippen LogP contribution >= 0.6 is 0 Å². The Labute approximate surface area is 87.1 Å². The number of nitriles is 1. The van der Waals surface area contributed by atoms with Gasteiger partial charge in [0.2, 0.25) is 0 Å². The molecule has 3 N–H and O–H groups in total. The number of rotatable bonds is 3. The number of hydrogen-bond acceptors (Lipinski definition) is 4. The summed E-state index contributed by atoms with van der Waals surface area (Å²) in [6, 6.07) is 6.72. The lowest BCUT2D eigenvalue weighted by molar-refractivity contribution is -0.104. The summed E-state index contributed by atoms with van der Waals surface area (Å²) in [4.78, 5) is 10.4. The van der Waals surface area contributed by atoms with E-state index in [1.165, 1.54) is 6.08 Å². The molecule has 0 heterocycles. The summed E-state index contributed by atoms with van der Waals surface area (Å²) >= 11 is 0. The van der Waals surface area contributed by atoms with Crippen LogP contribution in [-0.2, 0) is 4.79 Å². The fourth-order valence-corrected chi connectivity index (χ4v) is 1.09. The average molecular weight is 199 g/mol. The number of allylic oxidation sites excluding steroid dienone is 1. The van der Waals surface area contributed by atoms with Crippen molar-refractivity contribution < 1.29 is 4.79 Å². The average Bonchev–Trinajstić information content (AvgIpc) is 2.26. The van der Waals surface area contributed by atoms with E-state index in [4.69, 9.17) is 16.4 Å². The van der Waals surface area contributed by atoms with Gasteiger partial charge < -0.3 is 11.1 Å². The van der Waals surface area contributed by atoms with Gasteiger partial charge in [0.1, 0.15) is 6.07 Å². The summed E-state index contributed by atoms with van der Waals surface area (Å²) in [5.41, 5.74) is 7.40. The normalized spacial score (nSPS) is 10.5. The first-order valence-electron chi connectivity index (χ1n) is 4.18. The van der Waals surface area contributed by atoms with Gasteiger partial charge in [-0.3, -0.25) is 4.79 Å². The monoisotopic (exact) mass is 199 g/mol. The Morgan fingerprint density at radius 2 is 2.27 bits per heavy atom. The van der Waals surface area contributed by atoms with Crippen molar-refractivity contribution in [3.63, 3.8) is 0 Å². The molecule has 0 atom stereocenters. The molecule has 0 saturated heterocycles. The maximum Gasteiger partial charge on any atom is 0.160 e. The van der Waals surface area contributed by atoms with Crippen molar-refractivity contribution in [2.75, 3.05) is 5.73 Å². The van der Waals surface area contributed by atoms with Gasteiger partial charge in [-0.1, -0.05) is 12.1 Å².